The molecule has 0 saturated heterocycles. The number of nitrogens with one attached hydrogen (secondary N) is 3. The molecule has 0 fully saturated rings. The second-order valence-corrected chi connectivity index (χ2v) is 8.27. The third-order valence-corrected chi connectivity index (χ3v) is 4.87. The summed E-state index contributed by atoms with van der Waals surface area (Å²) in [5, 5.41) is 33.8. The third-order valence-electron chi connectivity index (χ3n) is 4.87. The van der Waals surface area contributed by atoms with Crippen LogP contribution < -0.4 is 33.2 Å². The molecule has 0 aliphatic heterocycles. The molecule has 0 saturated carbocycles. The van der Waals surface area contributed by atoms with Gasteiger partial charge in [0.05, 0.1) is 12.5 Å². The van der Waals surface area contributed by atoms with Gasteiger partial charge in [-0.3, -0.25) is 29.0 Å². The molecule has 4 unspecified atom stereocenters. The molecule has 36 heavy (non-hydrogen) atoms. The van der Waals surface area contributed by atoms with Crippen molar-refractivity contribution in [2.24, 2.45) is 28.1 Å². The van der Waals surface area contributed by atoms with Crippen LogP contribution in [0.15, 0.2) is 4.99 Å². The summed E-state index contributed by atoms with van der Waals surface area (Å²) < 4.78 is 0. The summed E-state index contributed by atoms with van der Waals surface area (Å²) in [6.45, 7) is 3.40. The Hall–Kier alpha value is -3.95. The Morgan fingerprint density at radius 2 is 1.28 bits per heavy atom. The molecule has 0 radical (unpaired) electrons. The zero-order chi connectivity index (χ0) is 28.0. The second kappa shape index (κ2) is 15.9. The summed E-state index contributed by atoms with van der Waals surface area (Å²) in [5.41, 5.74) is 16.3. The van der Waals surface area contributed by atoms with Crippen molar-refractivity contribution in [1.29, 1.82) is 0 Å². The minimum Gasteiger partial charge on any atom is -0.481 e. The average Bonchev–Trinajstić information content (AvgIpc) is 2.76. The van der Waals surface area contributed by atoms with E-state index in [1.54, 1.807) is 13.8 Å². The fourth-order valence-electron chi connectivity index (χ4n) is 2.80. The van der Waals surface area contributed by atoms with Crippen LogP contribution in [0.3, 0.4) is 0 Å². The summed E-state index contributed by atoms with van der Waals surface area (Å²) in [6.07, 6.45) is -1.68. The number of carbonyl (C=O) groups excluding carboxylic acids is 3. The van der Waals surface area contributed by atoms with Crippen molar-refractivity contribution in [2.75, 3.05) is 6.54 Å². The Labute approximate surface area is 207 Å². The second-order valence-electron chi connectivity index (χ2n) is 8.27. The highest BCUT2D eigenvalue weighted by atomic mass is 16.4. The number of carboxylic acids is 3. The molecule has 0 rings (SSSR count). The van der Waals surface area contributed by atoms with Gasteiger partial charge in [-0.15, -0.1) is 0 Å². The number of guanidine groups is 1. The van der Waals surface area contributed by atoms with E-state index in [1.165, 1.54) is 0 Å². The number of aliphatic carboxylic acids is 3. The van der Waals surface area contributed by atoms with Crippen LogP contribution in [0, 0.1) is 5.92 Å². The number of aliphatic imine (C=N–C) groups is 1. The lowest BCUT2D eigenvalue weighted by atomic mass is 10.0. The summed E-state index contributed by atoms with van der Waals surface area (Å²) in [5.74, 6) is -7.47. The maximum atomic E-state index is 12.9. The number of hydrogen-bond acceptors (Lipinski definition) is 8. The minimum atomic E-state index is -1.78. The van der Waals surface area contributed by atoms with Gasteiger partial charge in [-0.2, -0.15) is 0 Å². The zero-order valence-electron chi connectivity index (χ0n) is 20.1. The van der Waals surface area contributed by atoms with Crippen LogP contribution in [-0.4, -0.2) is 87.6 Å². The molecule has 4 atom stereocenters. The fourth-order valence-corrected chi connectivity index (χ4v) is 2.80. The van der Waals surface area contributed by atoms with E-state index in [-0.39, 0.29) is 37.7 Å². The topological polar surface area (TPSA) is 290 Å². The number of amides is 3. The van der Waals surface area contributed by atoms with E-state index in [0.717, 1.165) is 0 Å². The van der Waals surface area contributed by atoms with Gasteiger partial charge in [0, 0.05) is 13.0 Å². The fraction of sp³-hybridized carbons (Fsp3) is 0.650. The maximum Gasteiger partial charge on any atom is 0.326 e. The summed E-state index contributed by atoms with van der Waals surface area (Å²) >= 11 is 0. The van der Waals surface area contributed by atoms with E-state index in [0.29, 0.717) is 0 Å². The van der Waals surface area contributed by atoms with Crippen molar-refractivity contribution in [3.8, 4) is 0 Å². The van der Waals surface area contributed by atoms with Gasteiger partial charge in [-0.05, 0) is 25.2 Å². The quantitative estimate of drug-likeness (QED) is 0.0526. The van der Waals surface area contributed by atoms with Crippen LogP contribution in [0.5, 0.6) is 0 Å². The van der Waals surface area contributed by atoms with Crippen molar-refractivity contribution >= 4 is 41.6 Å². The van der Waals surface area contributed by atoms with Crippen molar-refractivity contribution in [3.05, 3.63) is 0 Å². The molecule has 3 amide bonds. The van der Waals surface area contributed by atoms with Gasteiger partial charge in [-0.25, -0.2) is 4.79 Å². The number of carbonyl (C=O) groups is 6. The molecular weight excluding hydrogens is 482 g/mol. The van der Waals surface area contributed by atoms with Gasteiger partial charge < -0.3 is 48.5 Å². The SMILES string of the molecule is CC(C)C(N)C(=O)NC(CCC(=O)O)C(=O)NC(CCCN=C(N)N)C(=O)NC(CC(=O)O)C(=O)O. The molecule has 16 nitrogen and oxygen atoms in total. The van der Waals surface area contributed by atoms with E-state index < -0.39 is 72.6 Å². The monoisotopic (exact) mass is 517 g/mol. The molecular formula is C20H35N7O9. The van der Waals surface area contributed by atoms with Gasteiger partial charge in [-0.1, -0.05) is 13.8 Å². The van der Waals surface area contributed by atoms with Gasteiger partial charge in [0.1, 0.15) is 18.1 Å². The van der Waals surface area contributed by atoms with E-state index in [1.807, 2.05) is 5.32 Å². The van der Waals surface area contributed by atoms with Crippen LogP contribution in [0.2, 0.25) is 0 Å². The third kappa shape index (κ3) is 13.1. The first-order valence-electron chi connectivity index (χ1n) is 11.0. The molecule has 0 aromatic carbocycles. The first-order chi connectivity index (χ1) is 16.6. The van der Waals surface area contributed by atoms with Crippen molar-refractivity contribution in [2.45, 2.75) is 70.1 Å². The molecule has 0 aromatic heterocycles. The van der Waals surface area contributed by atoms with Gasteiger partial charge in [0.2, 0.25) is 17.7 Å². The Morgan fingerprint density at radius 3 is 1.72 bits per heavy atom. The van der Waals surface area contributed by atoms with E-state index >= 15 is 0 Å². The predicted octanol–water partition coefficient (Wildman–Crippen LogP) is -3.10. The molecule has 0 heterocycles. The van der Waals surface area contributed by atoms with Crippen LogP contribution in [-0.2, 0) is 28.8 Å². The van der Waals surface area contributed by atoms with Crippen molar-refractivity contribution in [1.82, 2.24) is 16.0 Å². The zero-order valence-corrected chi connectivity index (χ0v) is 20.1. The predicted molar refractivity (Wildman–Crippen MR) is 125 cm³/mol. The van der Waals surface area contributed by atoms with E-state index in [9.17, 15) is 33.9 Å². The van der Waals surface area contributed by atoms with Crippen molar-refractivity contribution in [3.63, 3.8) is 0 Å². The van der Waals surface area contributed by atoms with Gasteiger partial charge in [0.15, 0.2) is 5.96 Å². The largest absolute Gasteiger partial charge is 0.481 e. The molecule has 0 spiro atoms. The van der Waals surface area contributed by atoms with Gasteiger partial charge in [0.25, 0.3) is 0 Å². The number of nitrogens with two attached hydrogens (primary N) is 3. The Balaban J connectivity index is 5.72. The number of nitrogens with zero attached hydrogens (tertiary/aromatic N) is 1. The lowest BCUT2D eigenvalue weighted by Crippen LogP contribution is -2.57. The van der Waals surface area contributed by atoms with E-state index in [4.69, 9.17) is 27.4 Å². The summed E-state index contributed by atoms with van der Waals surface area (Å²) in [4.78, 5) is 75.0. The molecule has 0 aliphatic carbocycles. The number of hydrogen-bond donors (Lipinski definition) is 9. The maximum absolute atomic E-state index is 12.9. The summed E-state index contributed by atoms with van der Waals surface area (Å²) in [7, 11) is 0. The van der Waals surface area contributed by atoms with Crippen LogP contribution >= 0.6 is 0 Å². The first-order valence-corrected chi connectivity index (χ1v) is 11.0. The Bertz CT molecular complexity index is 843. The lowest BCUT2D eigenvalue weighted by molar-refractivity contribution is -0.147. The molecule has 12 N–H and O–H groups in total. The standard InChI is InChI=1S/C20H35N7O9/c1-9(2)15(21)18(34)26-11(5-6-13(28)29)17(33)25-10(4-3-7-24-20(22)23)16(32)27-12(19(35)36)8-14(30)31/h9-12,15H,3-8,21H2,1-2H3,(H,25,33)(H,26,34)(H,27,32)(H,28,29)(H,30,31)(H,35,36)(H4,22,23,24). The van der Waals surface area contributed by atoms with Gasteiger partial charge >= 0.3 is 17.9 Å². The van der Waals surface area contributed by atoms with Crippen LogP contribution in [0.4, 0.5) is 0 Å². The minimum absolute atomic E-state index is 0.0574. The Morgan fingerprint density at radius 1 is 0.778 bits per heavy atom. The molecule has 0 aromatic rings. The average molecular weight is 518 g/mol. The lowest BCUT2D eigenvalue weighted by Gasteiger charge is -2.25. The van der Waals surface area contributed by atoms with Crippen LogP contribution in [0.1, 0.15) is 46.0 Å². The summed E-state index contributed by atoms with van der Waals surface area (Å²) in [6, 6.07) is -5.53. The van der Waals surface area contributed by atoms with Crippen LogP contribution in [0.25, 0.3) is 0 Å². The number of rotatable bonds is 17. The highest BCUT2D eigenvalue weighted by Gasteiger charge is 2.31. The highest BCUT2D eigenvalue weighted by molar-refractivity contribution is 5.94. The van der Waals surface area contributed by atoms with E-state index in [2.05, 4.69) is 15.6 Å². The molecule has 0 aliphatic rings. The highest BCUT2D eigenvalue weighted by Crippen LogP contribution is 2.06. The van der Waals surface area contributed by atoms with Crippen molar-refractivity contribution < 1.29 is 44.1 Å². The first kappa shape index (κ1) is 32.0. The normalized spacial score (nSPS) is 14.0. The molecule has 0 bridgehead atoms. The smallest absolute Gasteiger partial charge is 0.326 e. The molecule has 204 valence electrons. The molecule has 16 heteroatoms. The number of carboxylic acid groups (broad SMARTS) is 3. The Kier molecular flexibility index (Phi) is 14.1.